The van der Waals surface area contributed by atoms with Crippen LogP contribution >= 0.6 is 0 Å². The third-order valence-corrected chi connectivity index (χ3v) is 11.4. The predicted octanol–water partition coefficient (Wildman–Crippen LogP) is 12.6. The Balaban J connectivity index is 1.27. The molecular weight excluding hydrogens is 649 g/mol. The van der Waals surface area contributed by atoms with E-state index in [4.69, 9.17) is 14.4 Å². The molecule has 0 bridgehead atoms. The van der Waals surface area contributed by atoms with Crippen molar-refractivity contribution in [3.05, 3.63) is 158 Å². The molecule has 0 aliphatic rings. The summed E-state index contributed by atoms with van der Waals surface area (Å²) < 4.78 is 11.6. The molecule has 0 amide bonds. The van der Waals surface area contributed by atoms with Gasteiger partial charge in [-0.3, -0.25) is 4.57 Å². The molecule has 5 nitrogen and oxygen atoms in total. The molecule has 0 atom stereocenters. The van der Waals surface area contributed by atoms with Crippen molar-refractivity contribution >= 4 is 104 Å². The van der Waals surface area contributed by atoms with Crippen LogP contribution in [0.25, 0.3) is 121 Å². The summed E-state index contributed by atoms with van der Waals surface area (Å²) in [5, 5.41) is 11.7. The zero-order valence-corrected chi connectivity index (χ0v) is 28.2. The van der Waals surface area contributed by atoms with Gasteiger partial charge in [-0.05, 0) is 47.2 Å². The molecule has 5 heterocycles. The number of fused-ring (bicyclic) bond motifs is 12. The molecule has 8 aromatic carbocycles. The summed E-state index contributed by atoms with van der Waals surface area (Å²) in [7, 11) is 0. The van der Waals surface area contributed by atoms with Crippen LogP contribution < -0.4 is 0 Å². The van der Waals surface area contributed by atoms with Crippen molar-refractivity contribution in [3.8, 4) is 17.1 Å². The second-order valence-electron chi connectivity index (χ2n) is 14.1. The van der Waals surface area contributed by atoms with Gasteiger partial charge in [0.05, 0.1) is 38.6 Å². The van der Waals surface area contributed by atoms with Gasteiger partial charge in [0.25, 0.3) is 0 Å². The highest BCUT2D eigenvalue weighted by molar-refractivity contribution is 6.33. The maximum Gasteiger partial charge on any atom is 0.165 e. The van der Waals surface area contributed by atoms with Gasteiger partial charge in [0.15, 0.2) is 11.4 Å². The van der Waals surface area contributed by atoms with E-state index in [-0.39, 0.29) is 0 Å². The fraction of sp³-hybridized carbons (Fsp3) is 0. The molecule has 13 aromatic rings. The van der Waals surface area contributed by atoms with Crippen LogP contribution in [0.5, 0.6) is 0 Å². The first-order valence-electron chi connectivity index (χ1n) is 18.0. The molecule has 0 saturated heterocycles. The predicted molar refractivity (Wildman–Crippen MR) is 219 cm³/mol. The van der Waals surface area contributed by atoms with Crippen molar-refractivity contribution < 1.29 is 4.42 Å². The zero-order chi connectivity index (χ0) is 34.4. The van der Waals surface area contributed by atoms with Gasteiger partial charge in [0.2, 0.25) is 0 Å². The standard InChI is InChI=1S/C48H26N4O/c1-2-12-28(13-3-1)43-48(49-36-26-23-27-11-4-5-14-29(27)44(36)50-43)51-37-19-9-16-31-32-17-8-18-33-34-24-25-35-30-15-6-7-22-40(30)53-47(35)46(34)52(45(32)33)39-21-10-20-38(51)42(39)41(31)37/h1-26H. The third kappa shape index (κ3) is 3.42. The summed E-state index contributed by atoms with van der Waals surface area (Å²) in [5.74, 6) is 0.810. The number of para-hydroxylation sites is 2. The van der Waals surface area contributed by atoms with Crippen molar-refractivity contribution in [3.63, 3.8) is 0 Å². The molecule has 0 N–H and O–H groups in total. The minimum Gasteiger partial charge on any atom is -0.454 e. The third-order valence-electron chi connectivity index (χ3n) is 11.4. The average molecular weight is 675 g/mol. The molecule has 5 aromatic heterocycles. The lowest BCUT2D eigenvalue weighted by Gasteiger charge is -2.15. The highest BCUT2D eigenvalue weighted by Gasteiger charge is 2.26. The fourth-order valence-corrected chi connectivity index (χ4v) is 9.24. The summed E-state index contributed by atoms with van der Waals surface area (Å²) in [6, 6.07) is 56.1. The van der Waals surface area contributed by atoms with E-state index in [1.807, 2.05) is 6.07 Å². The maximum absolute atomic E-state index is 6.76. The Morgan fingerprint density at radius 2 is 1.09 bits per heavy atom. The minimum atomic E-state index is 0.810. The van der Waals surface area contributed by atoms with E-state index in [1.54, 1.807) is 0 Å². The number of rotatable bonds is 2. The second-order valence-corrected chi connectivity index (χ2v) is 14.1. The van der Waals surface area contributed by atoms with E-state index in [0.717, 1.165) is 82.9 Å². The van der Waals surface area contributed by atoms with Crippen molar-refractivity contribution in [2.45, 2.75) is 0 Å². The molecule has 0 fully saturated rings. The van der Waals surface area contributed by atoms with E-state index in [1.165, 1.54) is 37.8 Å². The molecule has 13 rings (SSSR count). The van der Waals surface area contributed by atoms with Crippen molar-refractivity contribution in [2.24, 2.45) is 0 Å². The van der Waals surface area contributed by atoms with Gasteiger partial charge in [0, 0.05) is 48.7 Å². The Morgan fingerprint density at radius 1 is 0.434 bits per heavy atom. The van der Waals surface area contributed by atoms with Crippen LogP contribution in [0.15, 0.2) is 162 Å². The number of aromatic nitrogens is 4. The Kier molecular flexibility index (Phi) is 5.06. The van der Waals surface area contributed by atoms with Crippen molar-refractivity contribution in [2.75, 3.05) is 0 Å². The van der Waals surface area contributed by atoms with Crippen molar-refractivity contribution in [1.82, 2.24) is 18.9 Å². The van der Waals surface area contributed by atoms with Crippen LogP contribution in [0.1, 0.15) is 0 Å². The number of hydrogen-bond acceptors (Lipinski definition) is 3. The van der Waals surface area contributed by atoms with Gasteiger partial charge in [-0.15, -0.1) is 0 Å². The van der Waals surface area contributed by atoms with Gasteiger partial charge in [0.1, 0.15) is 11.3 Å². The average Bonchev–Trinajstić information content (AvgIpc) is 3.85. The molecule has 0 saturated carbocycles. The normalized spacial score (nSPS) is 12.5. The van der Waals surface area contributed by atoms with Crippen molar-refractivity contribution in [1.29, 1.82) is 0 Å². The monoisotopic (exact) mass is 674 g/mol. The minimum absolute atomic E-state index is 0.810. The molecule has 53 heavy (non-hydrogen) atoms. The van der Waals surface area contributed by atoms with Crippen LogP contribution in [0, 0.1) is 0 Å². The Morgan fingerprint density at radius 3 is 2.00 bits per heavy atom. The lowest BCUT2D eigenvalue weighted by atomic mass is 10.0. The van der Waals surface area contributed by atoms with Crippen LogP contribution in [-0.4, -0.2) is 18.9 Å². The zero-order valence-electron chi connectivity index (χ0n) is 28.2. The van der Waals surface area contributed by atoms with Gasteiger partial charge in [-0.1, -0.05) is 121 Å². The van der Waals surface area contributed by atoms with E-state index in [9.17, 15) is 0 Å². The highest BCUT2D eigenvalue weighted by atomic mass is 16.3. The topological polar surface area (TPSA) is 48.3 Å². The quantitative estimate of drug-likeness (QED) is 0.172. The summed E-state index contributed by atoms with van der Waals surface area (Å²) in [5.41, 5.74) is 11.0. The first-order valence-corrected chi connectivity index (χ1v) is 18.0. The summed E-state index contributed by atoms with van der Waals surface area (Å²) in [6.07, 6.45) is 0. The number of hydrogen-bond donors (Lipinski definition) is 0. The van der Waals surface area contributed by atoms with E-state index in [0.29, 0.717) is 0 Å². The van der Waals surface area contributed by atoms with Crippen LogP contribution in [0.2, 0.25) is 0 Å². The van der Waals surface area contributed by atoms with Gasteiger partial charge in [-0.2, -0.15) is 0 Å². The Hall–Kier alpha value is -7.24. The number of furan rings is 1. The molecule has 0 radical (unpaired) electrons. The molecular formula is C48H26N4O. The maximum atomic E-state index is 6.76. The van der Waals surface area contributed by atoms with Crippen LogP contribution in [0.4, 0.5) is 0 Å². The van der Waals surface area contributed by atoms with E-state index < -0.39 is 0 Å². The SMILES string of the molecule is c1ccc(-c2nc3c(ccc4ccccc43)nc2-n2c3cccc4c5cccc6c7ccc8c9ccccc9oc8c7n(c7cccc2c7c43)c56)cc1. The Bertz CT molecular complexity index is 3680. The Labute approximate surface area is 300 Å². The summed E-state index contributed by atoms with van der Waals surface area (Å²) in [4.78, 5) is 11.0. The molecule has 0 unspecified atom stereocenters. The number of benzene rings is 8. The first kappa shape index (κ1) is 27.5. The van der Waals surface area contributed by atoms with Gasteiger partial charge in [-0.25, -0.2) is 9.97 Å². The fourth-order valence-electron chi connectivity index (χ4n) is 9.24. The lowest BCUT2D eigenvalue weighted by Crippen LogP contribution is -2.04. The van der Waals surface area contributed by atoms with E-state index in [2.05, 4.69) is 161 Å². The smallest absolute Gasteiger partial charge is 0.165 e. The molecule has 5 heteroatoms. The summed E-state index contributed by atoms with van der Waals surface area (Å²) >= 11 is 0. The molecule has 0 aliphatic heterocycles. The second kappa shape index (κ2) is 9.75. The largest absolute Gasteiger partial charge is 0.454 e. The molecule has 0 aliphatic carbocycles. The van der Waals surface area contributed by atoms with Crippen LogP contribution in [0.3, 0.4) is 0 Å². The van der Waals surface area contributed by atoms with Gasteiger partial charge < -0.3 is 8.82 Å². The number of nitrogens with zero attached hydrogens (tertiary/aromatic N) is 4. The summed E-state index contributed by atoms with van der Waals surface area (Å²) in [6.45, 7) is 0. The molecule has 244 valence electrons. The first-order chi connectivity index (χ1) is 26.3. The lowest BCUT2D eigenvalue weighted by molar-refractivity contribution is 0.671. The van der Waals surface area contributed by atoms with E-state index >= 15 is 0 Å². The van der Waals surface area contributed by atoms with Gasteiger partial charge >= 0.3 is 0 Å². The molecule has 0 spiro atoms. The van der Waals surface area contributed by atoms with Crippen LogP contribution in [-0.2, 0) is 0 Å². The highest BCUT2D eigenvalue weighted by Crippen LogP contribution is 2.46.